The highest BCUT2D eigenvalue weighted by molar-refractivity contribution is 7.17. The van der Waals surface area contributed by atoms with Crippen molar-refractivity contribution in [3.8, 4) is 11.3 Å². The maximum absolute atomic E-state index is 12.6. The summed E-state index contributed by atoms with van der Waals surface area (Å²) in [5.74, 6) is -0.873. The van der Waals surface area contributed by atoms with Gasteiger partial charge in [-0.2, -0.15) is 0 Å². The lowest BCUT2D eigenvalue weighted by molar-refractivity contribution is -0.147. The van der Waals surface area contributed by atoms with E-state index in [0.717, 1.165) is 4.90 Å². The van der Waals surface area contributed by atoms with Crippen LogP contribution in [-0.4, -0.2) is 39.2 Å². The van der Waals surface area contributed by atoms with Gasteiger partial charge < -0.3 is 14.1 Å². The van der Waals surface area contributed by atoms with Crippen LogP contribution in [0.5, 0.6) is 0 Å². The summed E-state index contributed by atoms with van der Waals surface area (Å²) in [4.78, 5) is 58.3. The van der Waals surface area contributed by atoms with Gasteiger partial charge in [-0.1, -0.05) is 12.2 Å². The number of imide groups is 1. The minimum Gasteiger partial charge on any atom is -0.464 e. The summed E-state index contributed by atoms with van der Waals surface area (Å²) in [5, 5.41) is 2.21. The zero-order chi connectivity index (χ0) is 22.2. The Kier molecular flexibility index (Phi) is 5.22. The third kappa shape index (κ3) is 3.56. The monoisotopic (exact) mass is 453 g/mol. The van der Waals surface area contributed by atoms with E-state index in [1.807, 2.05) is 12.2 Å². The third-order valence-corrected chi connectivity index (χ3v) is 6.66. The molecule has 2 atom stereocenters. The van der Waals surface area contributed by atoms with Gasteiger partial charge in [-0.05, 0) is 25.0 Å². The van der Waals surface area contributed by atoms with Gasteiger partial charge in [0.2, 0.25) is 11.8 Å². The van der Waals surface area contributed by atoms with Gasteiger partial charge in [0.25, 0.3) is 5.56 Å². The van der Waals surface area contributed by atoms with Crippen molar-refractivity contribution in [3.63, 3.8) is 0 Å². The number of rotatable bonds is 6. The van der Waals surface area contributed by atoms with E-state index in [0.29, 0.717) is 34.4 Å². The van der Waals surface area contributed by atoms with Crippen molar-refractivity contribution in [3.05, 3.63) is 52.1 Å². The smallest absolute Gasteiger partial charge is 0.308 e. The van der Waals surface area contributed by atoms with Crippen molar-refractivity contribution < 1.29 is 23.5 Å². The second-order valence-electron chi connectivity index (χ2n) is 7.71. The molecule has 0 radical (unpaired) electrons. The Labute approximate surface area is 185 Å². The van der Waals surface area contributed by atoms with Gasteiger partial charge in [-0.3, -0.25) is 24.1 Å². The van der Waals surface area contributed by atoms with Crippen LogP contribution < -0.4 is 5.56 Å². The van der Waals surface area contributed by atoms with Gasteiger partial charge in [0, 0.05) is 17.5 Å². The molecule has 1 aliphatic heterocycles. The molecule has 1 N–H and O–H groups in total. The highest BCUT2D eigenvalue weighted by Gasteiger charge is 2.46. The molecular weight excluding hydrogens is 434 g/mol. The van der Waals surface area contributed by atoms with Crippen molar-refractivity contribution in [2.75, 3.05) is 6.54 Å². The Hall–Kier alpha value is -3.53. The van der Waals surface area contributed by atoms with Crippen molar-refractivity contribution in [2.45, 2.75) is 25.9 Å². The summed E-state index contributed by atoms with van der Waals surface area (Å²) in [7, 11) is 0. The first kappa shape index (κ1) is 20.4. The van der Waals surface area contributed by atoms with Gasteiger partial charge in [0.1, 0.15) is 23.0 Å². The molecule has 1 saturated heterocycles. The SMILES string of the molecule is O=C(CCN1C(=O)[C@H]2CC=CC[C@H]2C1=O)OCc1nc2scc(-c3ccco3)c2c(=O)[nH]1. The van der Waals surface area contributed by atoms with Crippen LogP contribution >= 0.6 is 11.3 Å². The van der Waals surface area contributed by atoms with E-state index in [2.05, 4.69) is 9.97 Å². The van der Waals surface area contributed by atoms with Gasteiger partial charge in [-0.15, -0.1) is 11.3 Å². The summed E-state index contributed by atoms with van der Waals surface area (Å²) in [5.41, 5.74) is 0.307. The Morgan fingerprint density at radius 1 is 1.22 bits per heavy atom. The van der Waals surface area contributed by atoms with Gasteiger partial charge in [0.15, 0.2) is 0 Å². The molecule has 2 aliphatic rings. The molecule has 32 heavy (non-hydrogen) atoms. The summed E-state index contributed by atoms with van der Waals surface area (Å²) >= 11 is 1.29. The summed E-state index contributed by atoms with van der Waals surface area (Å²) in [6.07, 6.45) is 6.37. The summed E-state index contributed by atoms with van der Waals surface area (Å²) in [6, 6.07) is 3.50. The molecule has 2 amide bonds. The Bertz CT molecular complexity index is 1260. The molecule has 3 aromatic rings. The van der Waals surface area contributed by atoms with Crippen LogP contribution in [0.15, 0.2) is 45.1 Å². The minimum absolute atomic E-state index is 0.0100. The quantitative estimate of drug-likeness (QED) is 0.346. The fraction of sp³-hybridized carbons (Fsp3) is 0.318. The predicted octanol–water partition coefficient (Wildman–Crippen LogP) is 2.63. The molecule has 9 nitrogen and oxygen atoms in total. The molecule has 0 saturated carbocycles. The lowest BCUT2D eigenvalue weighted by Gasteiger charge is -2.14. The van der Waals surface area contributed by atoms with E-state index < -0.39 is 5.97 Å². The minimum atomic E-state index is -0.580. The zero-order valence-electron chi connectivity index (χ0n) is 16.9. The number of thiophene rings is 1. The van der Waals surface area contributed by atoms with Gasteiger partial charge in [-0.25, -0.2) is 4.98 Å². The number of nitrogens with zero attached hydrogens (tertiary/aromatic N) is 2. The average molecular weight is 453 g/mol. The predicted molar refractivity (Wildman–Crippen MR) is 114 cm³/mol. The number of carbonyl (C=O) groups excluding carboxylic acids is 3. The molecule has 0 aromatic carbocycles. The lowest BCUT2D eigenvalue weighted by Crippen LogP contribution is -2.33. The third-order valence-electron chi connectivity index (χ3n) is 5.79. The second kappa shape index (κ2) is 8.19. The highest BCUT2D eigenvalue weighted by Crippen LogP contribution is 2.35. The lowest BCUT2D eigenvalue weighted by atomic mass is 9.85. The Morgan fingerprint density at radius 2 is 1.97 bits per heavy atom. The Balaban J connectivity index is 1.21. The van der Waals surface area contributed by atoms with Crippen LogP contribution in [0.4, 0.5) is 0 Å². The molecule has 10 heteroatoms. The van der Waals surface area contributed by atoms with E-state index in [9.17, 15) is 19.2 Å². The van der Waals surface area contributed by atoms with Crippen molar-refractivity contribution in [1.29, 1.82) is 0 Å². The number of aromatic amines is 1. The van der Waals surface area contributed by atoms with Crippen LogP contribution in [0.2, 0.25) is 0 Å². The molecule has 3 aromatic heterocycles. The number of carbonyl (C=O) groups is 3. The van der Waals surface area contributed by atoms with Crippen LogP contribution in [0, 0.1) is 11.8 Å². The number of nitrogens with one attached hydrogen (secondary N) is 1. The standard InChI is InChI=1S/C22H19N3O6S/c26-17(7-8-25-21(28)12-4-1-2-5-13(12)22(25)29)31-10-16-23-19(27)18-14(11-32-20(18)24-16)15-6-3-9-30-15/h1-3,6,9,11-13H,4-5,7-8,10H2,(H,23,24,27)/t12-,13+. The first-order chi connectivity index (χ1) is 15.5. The molecule has 5 rings (SSSR count). The number of fused-ring (bicyclic) bond motifs is 2. The normalized spacial score (nSPS) is 20.2. The topological polar surface area (TPSA) is 123 Å². The number of amides is 2. The van der Waals surface area contributed by atoms with Crippen molar-refractivity contribution >= 4 is 39.3 Å². The number of aromatic nitrogens is 2. The number of H-pyrrole nitrogens is 1. The number of hydrogen-bond donors (Lipinski definition) is 1. The largest absolute Gasteiger partial charge is 0.464 e. The highest BCUT2D eigenvalue weighted by atomic mass is 32.1. The molecule has 0 unspecified atom stereocenters. The van der Waals surface area contributed by atoms with Gasteiger partial charge >= 0.3 is 5.97 Å². The number of furan rings is 1. The first-order valence-electron chi connectivity index (χ1n) is 10.2. The van der Waals surface area contributed by atoms with Crippen LogP contribution in [0.25, 0.3) is 21.5 Å². The molecule has 0 spiro atoms. The number of ether oxygens (including phenoxy) is 1. The van der Waals surface area contributed by atoms with E-state index >= 15 is 0 Å². The number of hydrogen-bond acceptors (Lipinski definition) is 8. The van der Waals surface area contributed by atoms with Crippen LogP contribution in [0.1, 0.15) is 25.1 Å². The summed E-state index contributed by atoms with van der Waals surface area (Å²) < 4.78 is 10.6. The van der Waals surface area contributed by atoms with E-state index in [1.165, 1.54) is 17.6 Å². The van der Waals surface area contributed by atoms with Crippen molar-refractivity contribution in [1.82, 2.24) is 14.9 Å². The maximum atomic E-state index is 12.6. The molecule has 0 bridgehead atoms. The molecule has 4 heterocycles. The number of esters is 1. The molecule has 164 valence electrons. The fourth-order valence-electron chi connectivity index (χ4n) is 4.19. The Morgan fingerprint density at radius 3 is 2.66 bits per heavy atom. The van der Waals surface area contributed by atoms with Gasteiger partial charge in [0.05, 0.1) is 29.9 Å². The number of likely N-dealkylation sites (tertiary alicyclic amines) is 1. The van der Waals surface area contributed by atoms with Crippen LogP contribution in [-0.2, 0) is 25.7 Å². The van der Waals surface area contributed by atoms with Crippen LogP contribution in [0.3, 0.4) is 0 Å². The summed E-state index contributed by atoms with van der Waals surface area (Å²) in [6.45, 7) is -0.223. The maximum Gasteiger partial charge on any atom is 0.308 e. The average Bonchev–Trinajstić information content (AvgIpc) is 3.51. The van der Waals surface area contributed by atoms with E-state index in [1.54, 1.807) is 17.5 Å². The van der Waals surface area contributed by atoms with E-state index in [-0.39, 0.29) is 54.6 Å². The molecule has 1 aliphatic carbocycles. The zero-order valence-corrected chi connectivity index (χ0v) is 17.7. The van der Waals surface area contributed by atoms with E-state index in [4.69, 9.17) is 9.15 Å². The molecular formula is C22H19N3O6S. The molecule has 1 fully saturated rings. The number of allylic oxidation sites excluding steroid dienone is 2. The van der Waals surface area contributed by atoms with Crippen molar-refractivity contribution in [2.24, 2.45) is 11.8 Å². The second-order valence-corrected chi connectivity index (χ2v) is 8.57. The fourth-order valence-corrected chi connectivity index (χ4v) is 5.14. The first-order valence-corrected chi connectivity index (χ1v) is 11.1.